The molecule has 0 unspecified atom stereocenters. The first kappa shape index (κ1) is 17.4. The van der Waals surface area contributed by atoms with Gasteiger partial charge in [0.25, 0.3) is 0 Å². The predicted molar refractivity (Wildman–Crippen MR) is 88.3 cm³/mol. The fourth-order valence-electron chi connectivity index (χ4n) is 3.32. The summed E-state index contributed by atoms with van der Waals surface area (Å²) in [6.45, 7) is 9.44. The molecular formula is C17H27FN4O2. The molecule has 3 heterocycles. The number of hydrogen-bond acceptors (Lipinski definition) is 4. The van der Waals surface area contributed by atoms with Gasteiger partial charge in [-0.25, -0.2) is 4.39 Å². The smallest absolute Gasteiger partial charge is 0.240 e. The van der Waals surface area contributed by atoms with Crippen LogP contribution in [0.5, 0.6) is 0 Å². The molecule has 0 saturated carbocycles. The van der Waals surface area contributed by atoms with Crippen LogP contribution in [0.1, 0.15) is 32.8 Å². The highest BCUT2D eigenvalue weighted by molar-refractivity contribution is 5.82. The molecule has 0 N–H and O–H groups in total. The van der Waals surface area contributed by atoms with Gasteiger partial charge in [0.1, 0.15) is 6.17 Å². The summed E-state index contributed by atoms with van der Waals surface area (Å²) in [5, 5.41) is 4.39. The molecule has 1 amide bonds. The number of nitrogens with zero attached hydrogens (tertiary/aromatic N) is 4. The summed E-state index contributed by atoms with van der Waals surface area (Å²) in [7, 11) is 0. The standard InChI is InChI=1S/C17H27FN4O2/c1-17(2,3)22-11-13(9-19-22)10-21-12-14(18)8-15(21)16(23)20-4-6-24-7-5-20/h9,11,14-15H,4-8,10,12H2,1-3H3/t14-,15+/m1/s1. The molecule has 0 bridgehead atoms. The molecule has 1 aromatic rings. The molecule has 24 heavy (non-hydrogen) atoms. The Morgan fingerprint density at radius 1 is 1.38 bits per heavy atom. The van der Waals surface area contributed by atoms with E-state index in [2.05, 4.69) is 25.9 Å². The molecule has 0 radical (unpaired) electrons. The quantitative estimate of drug-likeness (QED) is 0.836. The van der Waals surface area contributed by atoms with Crippen molar-refractivity contribution < 1.29 is 13.9 Å². The molecule has 2 fully saturated rings. The van der Waals surface area contributed by atoms with E-state index < -0.39 is 6.17 Å². The van der Waals surface area contributed by atoms with Crippen molar-refractivity contribution in [3.05, 3.63) is 18.0 Å². The van der Waals surface area contributed by atoms with Crippen molar-refractivity contribution in [1.82, 2.24) is 19.6 Å². The van der Waals surface area contributed by atoms with Crippen molar-refractivity contribution in [2.75, 3.05) is 32.8 Å². The summed E-state index contributed by atoms with van der Waals surface area (Å²) >= 11 is 0. The summed E-state index contributed by atoms with van der Waals surface area (Å²) in [5.41, 5.74) is 0.924. The number of carbonyl (C=O) groups is 1. The van der Waals surface area contributed by atoms with Crippen LogP contribution in [0.15, 0.2) is 12.4 Å². The number of hydrogen-bond donors (Lipinski definition) is 0. The Balaban J connectivity index is 1.68. The first-order valence-corrected chi connectivity index (χ1v) is 8.63. The molecular weight excluding hydrogens is 311 g/mol. The molecule has 2 aliphatic rings. The Morgan fingerprint density at radius 2 is 2.08 bits per heavy atom. The van der Waals surface area contributed by atoms with E-state index >= 15 is 0 Å². The van der Waals surface area contributed by atoms with Crippen molar-refractivity contribution in [2.45, 2.75) is 51.5 Å². The van der Waals surface area contributed by atoms with Gasteiger partial charge in [-0.1, -0.05) is 0 Å². The molecule has 3 rings (SSSR count). The monoisotopic (exact) mass is 338 g/mol. The molecule has 0 aliphatic carbocycles. The maximum atomic E-state index is 14.0. The Bertz CT molecular complexity index is 577. The fraction of sp³-hybridized carbons (Fsp3) is 0.765. The second-order valence-corrected chi connectivity index (χ2v) is 7.68. The van der Waals surface area contributed by atoms with Gasteiger partial charge in [-0.05, 0) is 20.8 Å². The van der Waals surface area contributed by atoms with Crippen LogP contribution in [0, 0.1) is 0 Å². The summed E-state index contributed by atoms with van der Waals surface area (Å²) < 4.78 is 21.2. The number of aromatic nitrogens is 2. The maximum Gasteiger partial charge on any atom is 0.240 e. The van der Waals surface area contributed by atoms with Crippen molar-refractivity contribution in [3.8, 4) is 0 Å². The second kappa shape index (κ2) is 6.80. The largest absolute Gasteiger partial charge is 0.378 e. The average molecular weight is 338 g/mol. The van der Waals surface area contributed by atoms with E-state index in [-0.39, 0.29) is 23.9 Å². The third kappa shape index (κ3) is 3.78. The molecule has 1 aromatic heterocycles. The minimum atomic E-state index is -0.947. The van der Waals surface area contributed by atoms with Crippen molar-refractivity contribution in [1.29, 1.82) is 0 Å². The minimum absolute atomic E-state index is 0.0293. The van der Waals surface area contributed by atoms with E-state index in [1.165, 1.54) is 0 Å². The lowest BCUT2D eigenvalue weighted by Crippen LogP contribution is -2.49. The molecule has 2 atom stereocenters. The lowest BCUT2D eigenvalue weighted by atomic mass is 10.1. The van der Waals surface area contributed by atoms with Crippen molar-refractivity contribution >= 4 is 5.91 Å². The lowest BCUT2D eigenvalue weighted by Gasteiger charge is -2.32. The first-order valence-electron chi connectivity index (χ1n) is 8.63. The number of carbonyl (C=O) groups excluding carboxylic acids is 1. The number of ether oxygens (including phenoxy) is 1. The Labute approximate surface area is 142 Å². The van der Waals surface area contributed by atoms with Crippen LogP contribution in [0.2, 0.25) is 0 Å². The Hall–Kier alpha value is -1.47. The van der Waals surface area contributed by atoms with Crippen LogP contribution in [0.25, 0.3) is 0 Å². The second-order valence-electron chi connectivity index (χ2n) is 7.68. The number of amides is 1. The van der Waals surface area contributed by atoms with Gasteiger partial charge in [0.15, 0.2) is 0 Å². The van der Waals surface area contributed by atoms with Gasteiger partial charge < -0.3 is 9.64 Å². The highest BCUT2D eigenvalue weighted by atomic mass is 19.1. The van der Waals surface area contributed by atoms with Crippen LogP contribution in [-0.2, 0) is 21.6 Å². The molecule has 0 spiro atoms. The van der Waals surface area contributed by atoms with Gasteiger partial charge in [-0.2, -0.15) is 5.10 Å². The van der Waals surface area contributed by atoms with E-state index in [1.807, 2.05) is 22.0 Å². The van der Waals surface area contributed by atoms with Crippen LogP contribution in [0.3, 0.4) is 0 Å². The van der Waals surface area contributed by atoms with E-state index in [9.17, 15) is 9.18 Å². The van der Waals surface area contributed by atoms with Gasteiger partial charge in [-0.3, -0.25) is 14.4 Å². The third-order valence-corrected chi connectivity index (χ3v) is 4.67. The fourth-order valence-corrected chi connectivity index (χ4v) is 3.32. The summed E-state index contributed by atoms with van der Waals surface area (Å²) in [6, 6.07) is -0.379. The highest BCUT2D eigenvalue weighted by Crippen LogP contribution is 2.25. The minimum Gasteiger partial charge on any atom is -0.378 e. The van der Waals surface area contributed by atoms with Crippen LogP contribution in [-0.4, -0.2) is 70.5 Å². The summed E-state index contributed by atoms with van der Waals surface area (Å²) in [6.07, 6.45) is 3.14. The summed E-state index contributed by atoms with van der Waals surface area (Å²) in [5.74, 6) is 0.0293. The van der Waals surface area contributed by atoms with E-state index in [0.29, 0.717) is 39.4 Å². The van der Waals surface area contributed by atoms with Crippen LogP contribution in [0.4, 0.5) is 4.39 Å². The Kier molecular flexibility index (Phi) is 4.92. The number of morpholine rings is 1. The van der Waals surface area contributed by atoms with Crippen molar-refractivity contribution in [2.24, 2.45) is 0 Å². The number of halogens is 1. The number of alkyl halides is 1. The average Bonchev–Trinajstić information content (AvgIpc) is 3.14. The van der Waals surface area contributed by atoms with Gasteiger partial charge in [-0.15, -0.1) is 0 Å². The summed E-state index contributed by atoms with van der Waals surface area (Å²) in [4.78, 5) is 16.5. The van der Waals surface area contributed by atoms with E-state index in [4.69, 9.17) is 4.74 Å². The highest BCUT2D eigenvalue weighted by Gasteiger charge is 2.39. The molecule has 7 heteroatoms. The SMILES string of the molecule is CC(C)(C)n1cc(CN2C[C@H](F)C[C@H]2C(=O)N2CCOCC2)cn1. The lowest BCUT2D eigenvalue weighted by molar-refractivity contribution is -0.140. The third-order valence-electron chi connectivity index (χ3n) is 4.67. The van der Waals surface area contributed by atoms with E-state index in [1.54, 1.807) is 4.90 Å². The zero-order chi connectivity index (χ0) is 17.3. The van der Waals surface area contributed by atoms with Gasteiger partial charge >= 0.3 is 0 Å². The molecule has 2 aliphatic heterocycles. The number of rotatable bonds is 3. The van der Waals surface area contributed by atoms with Crippen molar-refractivity contribution in [3.63, 3.8) is 0 Å². The zero-order valence-corrected chi connectivity index (χ0v) is 14.7. The van der Waals surface area contributed by atoms with Crippen LogP contribution < -0.4 is 0 Å². The zero-order valence-electron chi connectivity index (χ0n) is 14.7. The maximum absolute atomic E-state index is 14.0. The van der Waals surface area contributed by atoms with Gasteiger partial charge in [0, 0.05) is 44.4 Å². The normalized spacial score (nSPS) is 26.1. The van der Waals surface area contributed by atoms with Gasteiger partial charge in [0.05, 0.1) is 31.0 Å². The Morgan fingerprint density at radius 3 is 2.71 bits per heavy atom. The molecule has 0 aromatic carbocycles. The van der Waals surface area contributed by atoms with Gasteiger partial charge in [0.2, 0.25) is 5.91 Å². The van der Waals surface area contributed by atoms with Crippen LogP contribution >= 0.6 is 0 Å². The first-order chi connectivity index (χ1) is 11.3. The molecule has 6 nitrogen and oxygen atoms in total. The number of likely N-dealkylation sites (tertiary alicyclic amines) is 1. The molecule has 134 valence electrons. The topological polar surface area (TPSA) is 50.6 Å². The predicted octanol–water partition coefficient (Wildman–Crippen LogP) is 1.41. The molecule has 2 saturated heterocycles. The van der Waals surface area contributed by atoms with E-state index in [0.717, 1.165) is 5.56 Å².